The third-order valence-electron chi connectivity index (χ3n) is 2.93. The average Bonchev–Trinajstić information content (AvgIpc) is 2.33. The summed E-state index contributed by atoms with van der Waals surface area (Å²) in [5.41, 5.74) is 6.86. The Kier molecular flexibility index (Phi) is 5.58. The number of nitrogen functional groups attached to an aromatic ring is 1. The van der Waals surface area contributed by atoms with Crippen LogP contribution in [0.4, 0.5) is 5.69 Å². The first-order valence-electron chi connectivity index (χ1n) is 5.93. The fourth-order valence-electron chi connectivity index (χ4n) is 1.69. The molecular formula is C13H19BrN2O2S. The van der Waals surface area contributed by atoms with Gasteiger partial charge in [0.05, 0.1) is 4.90 Å². The fraction of sp³-hybridized carbons (Fsp3) is 0.385. The maximum atomic E-state index is 12.5. The van der Waals surface area contributed by atoms with E-state index in [1.807, 2.05) is 0 Å². The molecule has 0 atom stereocenters. The summed E-state index contributed by atoms with van der Waals surface area (Å²) < 4.78 is 27.0. The van der Waals surface area contributed by atoms with Crippen molar-refractivity contribution in [3.8, 4) is 0 Å². The molecule has 0 radical (unpaired) electrons. The van der Waals surface area contributed by atoms with Crippen LogP contribution in [0.1, 0.15) is 18.4 Å². The minimum atomic E-state index is -3.51. The van der Waals surface area contributed by atoms with Crippen molar-refractivity contribution in [3.63, 3.8) is 0 Å². The zero-order valence-electron chi connectivity index (χ0n) is 11.2. The Morgan fingerprint density at radius 3 is 2.68 bits per heavy atom. The van der Waals surface area contributed by atoms with Gasteiger partial charge in [0, 0.05) is 23.8 Å². The van der Waals surface area contributed by atoms with E-state index in [9.17, 15) is 8.42 Å². The molecule has 6 heteroatoms. The molecule has 1 rings (SSSR count). The Morgan fingerprint density at radius 2 is 2.11 bits per heavy atom. The fourth-order valence-corrected chi connectivity index (χ4v) is 3.80. The van der Waals surface area contributed by atoms with Gasteiger partial charge in [0.1, 0.15) is 0 Å². The number of halogens is 1. The van der Waals surface area contributed by atoms with Crippen molar-refractivity contribution in [1.82, 2.24) is 4.31 Å². The average molecular weight is 347 g/mol. The summed E-state index contributed by atoms with van der Waals surface area (Å²) in [5.74, 6) is 0. The van der Waals surface area contributed by atoms with Crippen molar-refractivity contribution < 1.29 is 8.42 Å². The van der Waals surface area contributed by atoms with Crippen LogP contribution < -0.4 is 5.73 Å². The Hall–Kier alpha value is -0.850. The number of hydrogen-bond acceptors (Lipinski definition) is 3. The first-order chi connectivity index (χ1) is 8.80. The van der Waals surface area contributed by atoms with Crippen molar-refractivity contribution >= 4 is 31.6 Å². The molecule has 0 saturated carbocycles. The van der Waals surface area contributed by atoms with Crippen LogP contribution in [0.5, 0.6) is 0 Å². The lowest BCUT2D eigenvalue weighted by atomic mass is 10.2. The summed E-state index contributed by atoms with van der Waals surface area (Å²) in [6.07, 6.45) is 3.32. The SMILES string of the molecule is C=CCCCN(C)S(=O)(=O)c1cc(Br)cc(N)c1C. The van der Waals surface area contributed by atoms with E-state index in [0.29, 0.717) is 22.3 Å². The lowest BCUT2D eigenvalue weighted by Crippen LogP contribution is -2.28. The number of anilines is 1. The predicted octanol–water partition coefficient (Wildman–Crippen LogP) is 2.93. The van der Waals surface area contributed by atoms with Crippen LogP contribution >= 0.6 is 15.9 Å². The number of nitrogens with two attached hydrogens (primary N) is 1. The quantitative estimate of drug-likeness (QED) is 0.489. The third-order valence-corrected chi connectivity index (χ3v) is 5.38. The Bertz CT molecular complexity index is 570. The molecule has 0 aliphatic rings. The lowest BCUT2D eigenvalue weighted by Gasteiger charge is -2.19. The minimum Gasteiger partial charge on any atom is -0.398 e. The molecule has 0 aromatic heterocycles. The van der Waals surface area contributed by atoms with Crippen molar-refractivity contribution in [3.05, 3.63) is 34.8 Å². The van der Waals surface area contributed by atoms with Gasteiger partial charge in [-0.25, -0.2) is 12.7 Å². The van der Waals surface area contributed by atoms with Gasteiger partial charge < -0.3 is 5.73 Å². The monoisotopic (exact) mass is 346 g/mol. The molecule has 0 heterocycles. The van der Waals surface area contributed by atoms with Gasteiger partial charge in [-0.3, -0.25) is 0 Å². The highest BCUT2D eigenvalue weighted by molar-refractivity contribution is 9.10. The topological polar surface area (TPSA) is 63.4 Å². The van der Waals surface area contributed by atoms with Crippen LogP contribution in [-0.2, 0) is 10.0 Å². The molecule has 0 unspecified atom stereocenters. The molecule has 0 fully saturated rings. The zero-order valence-corrected chi connectivity index (χ0v) is 13.6. The van der Waals surface area contributed by atoms with Crippen LogP contribution in [0.3, 0.4) is 0 Å². The molecule has 1 aromatic carbocycles. The highest BCUT2D eigenvalue weighted by Crippen LogP contribution is 2.28. The van der Waals surface area contributed by atoms with Crippen molar-refractivity contribution in [1.29, 1.82) is 0 Å². The summed E-state index contributed by atoms with van der Waals surface area (Å²) in [6.45, 7) is 5.80. The van der Waals surface area contributed by atoms with E-state index in [1.165, 1.54) is 4.31 Å². The predicted molar refractivity (Wildman–Crippen MR) is 82.5 cm³/mol. The number of sulfonamides is 1. The number of rotatable bonds is 6. The number of hydrogen-bond donors (Lipinski definition) is 1. The van der Waals surface area contributed by atoms with Gasteiger partial charge in [-0.2, -0.15) is 0 Å². The van der Waals surface area contributed by atoms with Crippen molar-refractivity contribution in [2.75, 3.05) is 19.3 Å². The number of benzene rings is 1. The standard InChI is InChI=1S/C13H19BrN2O2S/c1-4-5-6-7-16(3)19(17,18)13-9-11(14)8-12(15)10(13)2/h4,8-9H,1,5-7,15H2,2-3H3. The molecule has 0 aliphatic heterocycles. The second-order valence-electron chi connectivity index (χ2n) is 4.38. The summed E-state index contributed by atoms with van der Waals surface area (Å²) >= 11 is 3.28. The van der Waals surface area contributed by atoms with Gasteiger partial charge in [0.2, 0.25) is 10.0 Å². The summed E-state index contributed by atoms with van der Waals surface area (Å²) in [4.78, 5) is 0.250. The van der Waals surface area contributed by atoms with E-state index in [1.54, 1.807) is 32.2 Å². The van der Waals surface area contributed by atoms with Crippen molar-refractivity contribution in [2.45, 2.75) is 24.7 Å². The molecule has 0 amide bonds. The molecule has 0 aliphatic carbocycles. The van der Waals surface area contributed by atoms with Crippen LogP contribution in [0.15, 0.2) is 34.2 Å². The molecule has 0 bridgehead atoms. The molecule has 4 nitrogen and oxygen atoms in total. The Balaban J connectivity index is 3.09. The first kappa shape index (κ1) is 16.2. The summed E-state index contributed by atoms with van der Waals surface area (Å²) in [6, 6.07) is 3.29. The second-order valence-corrected chi connectivity index (χ2v) is 7.30. The van der Waals surface area contributed by atoms with E-state index >= 15 is 0 Å². The first-order valence-corrected chi connectivity index (χ1v) is 8.17. The van der Waals surface area contributed by atoms with E-state index in [-0.39, 0.29) is 4.90 Å². The van der Waals surface area contributed by atoms with E-state index in [2.05, 4.69) is 22.5 Å². The van der Waals surface area contributed by atoms with Gasteiger partial charge in [-0.1, -0.05) is 22.0 Å². The molecule has 2 N–H and O–H groups in total. The Labute approximate surface area is 123 Å². The molecule has 1 aromatic rings. The Morgan fingerprint density at radius 1 is 1.47 bits per heavy atom. The summed E-state index contributed by atoms with van der Waals surface area (Å²) in [5, 5.41) is 0. The van der Waals surface area contributed by atoms with Gasteiger partial charge in [0.15, 0.2) is 0 Å². The zero-order chi connectivity index (χ0) is 14.6. The summed E-state index contributed by atoms with van der Waals surface area (Å²) in [7, 11) is -1.93. The number of nitrogens with zero attached hydrogens (tertiary/aromatic N) is 1. The van der Waals surface area contributed by atoms with E-state index in [4.69, 9.17) is 5.73 Å². The number of allylic oxidation sites excluding steroid dienone is 1. The second kappa shape index (κ2) is 6.54. The molecule has 0 spiro atoms. The normalized spacial score (nSPS) is 11.8. The number of unbranched alkanes of at least 4 members (excludes halogenated alkanes) is 1. The molecule has 106 valence electrons. The largest absolute Gasteiger partial charge is 0.398 e. The third kappa shape index (κ3) is 3.81. The van der Waals surface area contributed by atoms with Gasteiger partial charge in [0.25, 0.3) is 0 Å². The van der Waals surface area contributed by atoms with E-state index < -0.39 is 10.0 Å². The van der Waals surface area contributed by atoms with Crippen molar-refractivity contribution in [2.24, 2.45) is 0 Å². The highest BCUT2D eigenvalue weighted by atomic mass is 79.9. The molecular weight excluding hydrogens is 328 g/mol. The van der Waals surface area contributed by atoms with E-state index in [0.717, 1.165) is 12.8 Å². The highest BCUT2D eigenvalue weighted by Gasteiger charge is 2.23. The molecule has 0 saturated heterocycles. The lowest BCUT2D eigenvalue weighted by molar-refractivity contribution is 0.462. The van der Waals surface area contributed by atoms with Crippen LogP contribution in [-0.4, -0.2) is 26.3 Å². The van der Waals surface area contributed by atoms with Crippen LogP contribution in [0.25, 0.3) is 0 Å². The maximum absolute atomic E-state index is 12.5. The smallest absolute Gasteiger partial charge is 0.243 e. The molecule has 19 heavy (non-hydrogen) atoms. The van der Waals surface area contributed by atoms with Crippen LogP contribution in [0.2, 0.25) is 0 Å². The maximum Gasteiger partial charge on any atom is 0.243 e. The van der Waals surface area contributed by atoms with Crippen LogP contribution in [0, 0.1) is 6.92 Å². The van der Waals surface area contributed by atoms with Gasteiger partial charge >= 0.3 is 0 Å². The van der Waals surface area contributed by atoms with Gasteiger partial charge in [-0.05, 0) is 37.5 Å². The minimum absolute atomic E-state index is 0.250. The van der Waals surface area contributed by atoms with Gasteiger partial charge in [-0.15, -0.1) is 6.58 Å².